The summed E-state index contributed by atoms with van der Waals surface area (Å²) in [6, 6.07) is 18.2. The Bertz CT molecular complexity index is 1170. The first-order valence-electron chi connectivity index (χ1n) is 9.01. The van der Waals surface area contributed by atoms with Crippen molar-refractivity contribution in [1.29, 1.82) is 0 Å². The number of phenols is 1. The summed E-state index contributed by atoms with van der Waals surface area (Å²) in [6.07, 6.45) is 0. The van der Waals surface area contributed by atoms with Crippen LogP contribution in [0.3, 0.4) is 0 Å². The smallest absolute Gasteiger partial charge is 0.255 e. The molecule has 4 rings (SSSR count). The first-order chi connectivity index (χ1) is 14.1. The number of amides is 1. The fourth-order valence-electron chi connectivity index (χ4n) is 3.12. The zero-order chi connectivity index (χ0) is 20.4. The molecule has 5 nitrogen and oxygen atoms in total. The minimum absolute atomic E-state index is 0.101. The molecule has 0 unspecified atom stereocenters. The summed E-state index contributed by atoms with van der Waals surface area (Å²) < 4.78 is 24.9. The van der Waals surface area contributed by atoms with E-state index in [0.717, 1.165) is 5.56 Å². The van der Waals surface area contributed by atoms with E-state index < -0.39 is 0 Å². The fourth-order valence-corrected chi connectivity index (χ4v) is 3.12. The molecular weight excluding hydrogens is 373 g/mol. The molecule has 0 aliphatic carbocycles. The molecule has 0 atom stereocenters. The quantitative estimate of drug-likeness (QED) is 0.508. The van der Waals surface area contributed by atoms with Crippen molar-refractivity contribution < 1.29 is 23.4 Å². The van der Waals surface area contributed by atoms with Gasteiger partial charge in [0.1, 0.15) is 23.8 Å². The second-order valence-electron chi connectivity index (χ2n) is 6.48. The van der Waals surface area contributed by atoms with Crippen molar-refractivity contribution in [3.05, 3.63) is 83.7 Å². The van der Waals surface area contributed by atoms with Crippen molar-refractivity contribution in [2.24, 2.45) is 0 Å². The largest absolute Gasteiger partial charge is 0.504 e. The molecular formula is C23H18FNO4. The van der Waals surface area contributed by atoms with Gasteiger partial charge in [0.05, 0.1) is 5.56 Å². The number of fused-ring (bicyclic) bond motifs is 1. The highest BCUT2D eigenvalue weighted by Gasteiger charge is 2.23. The standard InChI is InChI=1S/C23H18FNO4/c1-25-23(27)21-17-11-20(28-13-14-5-3-2-4-6-14)18(26)12-19(17)29-22(21)15-7-9-16(24)10-8-15/h2-12,26H,13H2,1H3,(H,25,27). The van der Waals surface area contributed by atoms with E-state index in [0.29, 0.717) is 27.9 Å². The highest BCUT2D eigenvalue weighted by molar-refractivity contribution is 6.11. The maximum absolute atomic E-state index is 13.3. The molecule has 0 radical (unpaired) electrons. The van der Waals surface area contributed by atoms with E-state index in [4.69, 9.17) is 9.15 Å². The number of rotatable bonds is 5. The number of benzene rings is 3. The molecule has 0 saturated carbocycles. The molecule has 3 aromatic carbocycles. The van der Waals surface area contributed by atoms with Gasteiger partial charge in [0.2, 0.25) is 0 Å². The Morgan fingerprint density at radius 2 is 1.83 bits per heavy atom. The molecule has 0 spiro atoms. The van der Waals surface area contributed by atoms with Crippen LogP contribution in [0.15, 0.2) is 71.1 Å². The number of hydrogen-bond donors (Lipinski definition) is 2. The fraction of sp³-hybridized carbons (Fsp3) is 0.0870. The van der Waals surface area contributed by atoms with Gasteiger partial charge in [-0.2, -0.15) is 0 Å². The van der Waals surface area contributed by atoms with Gasteiger partial charge in [0, 0.05) is 24.1 Å². The van der Waals surface area contributed by atoms with Gasteiger partial charge >= 0.3 is 0 Å². The number of nitrogens with one attached hydrogen (secondary N) is 1. The SMILES string of the molecule is CNC(=O)c1c(-c2ccc(F)cc2)oc2cc(O)c(OCc3ccccc3)cc12. The van der Waals surface area contributed by atoms with E-state index in [1.165, 1.54) is 37.4 Å². The van der Waals surface area contributed by atoms with Gasteiger partial charge in [-0.05, 0) is 35.9 Å². The van der Waals surface area contributed by atoms with Gasteiger partial charge < -0.3 is 19.6 Å². The molecule has 0 aliphatic rings. The van der Waals surface area contributed by atoms with Crippen LogP contribution in [0.1, 0.15) is 15.9 Å². The molecule has 29 heavy (non-hydrogen) atoms. The van der Waals surface area contributed by atoms with Crippen LogP contribution in [0.4, 0.5) is 4.39 Å². The van der Waals surface area contributed by atoms with Gasteiger partial charge in [-0.25, -0.2) is 4.39 Å². The summed E-state index contributed by atoms with van der Waals surface area (Å²) in [5.74, 6) is -0.323. The van der Waals surface area contributed by atoms with Crippen LogP contribution in [0, 0.1) is 5.82 Å². The normalized spacial score (nSPS) is 10.8. The number of carbonyl (C=O) groups excluding carboxylic acids is 1. The molecule has 2 N–H and O–H groups in total. The lowest BCUT2D eigenvalue weighted by Gasteiger charge is -2.08. The predicted molar refractivity (Wildman–Crippen MR) is 107 cm³/mol. The van der Waals surface area contributed by atoms with Gasteiger partial charge in [-0.15, -0.1) is 0 Å². The third kappa shape index (κ3) is 3.65. The molecule has 6 heteroatoms. The highest BCUT2D eigenvalue weighted by atomic mass is 19.1. The molecule has 1 aromatic heterocycles. The van der Waals surface area contributed by atoms with E-state index in [-0.39, 0.29) is 29.8 Å². The topological polar surface area (TPSA) is 71.7 Å². The number of hydrogen-bond acceptors (Lipinski definition) is 4. The van der Waals surface area contributed by atoms with E-state index >= 15 is 0 Å². The van der Waals surface area contributed by atoms with Crippen LogP contribution in [-0.2, 0) is 6.61 Å². The van der Waals surface area contributed by atoms with Crippen LogP contribution in [0.25, 0.3) is 22.3 Å². The van der Waals surface area contributed by atoms with Crippen molar-refractivity contribution in [2.45, 2.75) is 6.61 Å². The molecule has 0 fully saturated rings. The van der Waals surface area contributed by atoms with Crippen molar-refractivity contribution >= 4 is 16.9 Å². The van der Waals surface area contributed by atoms with E-state index in [2.05, 4.69) is 5.32 Å². The molecule has 4 aromatic rings. The average Bonchev–Trinajstić information content (AvgIpc) is 3.10. The minimum atomic E-state index is -0.388. The van der Waals surface area contributed by atoms with Crippen molar-refractivity contribution in [3.8, 4) is 22.8 Å². The Hall–Kier alpha value is -3.80. The van der Waals surface area contributed by atoms with Gasteiger partial charge in [0.25, 0.3) is 5.91 Å². The van der Waals surface area contributed by atoms with Crippen LogP contribution in [0.5, 0.6) is 11.5 Å². The van der Waals surface area contributed by atoms with E-state index in [1.54, 1.807) is 6.07 Å². The lowest BCUT2D eigenvalue weighted by atomic mass is 10.0. The number of carbonyl (C=O) groups is 1. The number of ether oxygens (including phenoxy) is 1. The minimum Gasteiger partial charge on any atom is -0.504 e. The number of halogens is 1. The van der Waals surface area contributed by atoms with Crippen LogP contribution in [-0.4, -0.2) is 18.1 Å². The maximum Gasteiger partial charge on any atom is 0.255 e. The van der Waals surface area contributed by atoms with Crippen molar-refractivity contribution in [3.63, 3.8) is 0 Å². The molecule has 0 aliphatic heterocycles. The van der Waals surface area contributed by atoms with Gasteiger partial charge in [0.15, 0.2) is 11.5 Å². The Labute approximate surface area is 166 Å². The summed E-state index contributed by atoms with van der Waals surface area (Å²) in [4.78, 5) is 12.6. The average molecular weight is 391 g/mol. The maximum atomic E-state index is 13.3. The third-order valence-corrected chi connectivity index (χ3v) is 4.57. The summed E-state index contributed by atoms with van der Waals surface area (Å²) in [6.45, 7) is 0.262. The molecule has 0 saturated heterocycles. The molecule has 0 bridgehead atoms. The molecule has 1 amide bonds. The summed E-state index contributed by atoms with van der Waals surface area (Å²) in [7, 11) is 1.52. The van der Waals surface area contributed by atoms with Crippen LogP contribution in [0.2, 0.25) is 0 Å². The Kier molecular flexibility index (Phi) is 4.91. The van der Waals surface area contributed by atoms with Gasteiger partial charge in [-0.1, -0.05) is 30.3 Å². The van der Waals surface area contributed by atoms with Crippen LogP contribution < -0.4 is 10.1 Å². The summed E-state index contributed by atoms with van der Waals surface area (Å²) in [5.41, 5.74) is 2.11. The Morgan fingerprint density at radius 1 is 1.10 bits per heavy atom. The molecule has 146 valence electrons. The number of phenolic OH excluding ortho intramolecular Hbond substituents is 1. The predicted octanol–water partition coefficient (Wildman–Crippen LogP) is 4.88. The van der Waals surface area contributed by atoms with E-state index in [1.807, 2.05) is 30.3 Å². The second-order valence-corrected chi connectivity index (χ2v) is 6.48. The van der Waals surface area contributed by atoms with Gasteiger partial charge in [-0.3, -0.25) is 4.79 Å². The second kappa shape index (κ2) is 7.67. The summed E-state index contributed by atoms with van der Waals surface area (Å²) >= 11 is 0. The highest BCUT2D eigenvalue weighted by Crippen LogP contribution is 2.39. The van der Waals surface area contributed by atoms with Crippen molar-refractivity contribution in [2.75, 3.05) is 7.05 Å². The monoisotopic (exact) mass is 391 g/mol. The zero-order valence-electron chi connectivity index (χ0n) is 15.6. The van der Waals surface area contributed by atoms with E-state index in [9.17, 15) is 14.3 Å². The number of aromatic hydroxyl groups is 1. The zero-order valence-corrected chi connectivity index (χ0v) is 15.6. The third-order valence-electron chi connectivity index (χ3n) is 4.57. The lowest BCUT2D eigenvalue weighted by Crippen LogP contribution is -2.18. The first kappa shape index (κ1) is 18.6. The van der Waals surface area contributed by atoms with Crippen molar-refractivity contribution in [1.82, 2.24) is 5.32 Å². The summed E-state index contributed by atoms with van der Waals surface area (Å²) in [5, 5.41) is 13.4. The lowest BCUT2D eigenvalue weighted by molar-refractivity contribution is 0.0964. The Balaban J connectivity index is 1.80. The van der Waals surface area contributed by atoms with Crippen LogP contribution >= 0.6 is 0 Å². The number of furan rings is 1. The first-order valence-corrected chi connectivity index (χ1v) is 9.01. The Morgan fingerprint density at radius 3 is 2.52 bits per heavy atom. The molecule has 1 heterocycles.